The highest BCUT2D eigenvalue weighted by Gasteiger charge is 2.42. The number of nitrogens with zero attached hydrogens (tertiary/aromatic N) is 3. The highest BCUT2D eigenvalue weighted by molar-refractivity contribution is 8.00. The predicted molar refractivity (Wildman–Crippen MR) is 59.9 cm³/mol. The van der Waals surface area contributed by atoms with Crippen LogP contribution in [0.3, 0.4) is 0 Å². The van der Waals surface area contributed by atoms with Gasteiger partial charge in [-0.05, 0) is 30.7 Å². The molecule has 1 saturated carbocycles. The Morgan fingerprint density at radius 2 is 2.21 bits per heavy atom. The Morgan fingerprint density at radius 1 is 1.50 bits per heavy atom. The van der Waals surface area contributed by atoms with Crippen LogP contribution in [0.2, 0.25) is 5.28 Å². The molecular weight excluding hydrogens is 218 g/mol. The van der Waals surface area contributed by atoms with Crippen molar-refractivity contribution in [2.45, 2.75) is 37.5 Å². The average molecular weight is 232 g/mol. The van der Waals surface area contributed by atoms with E-state index in [1.165, 1.54) is 12.8 Å². The molecule has 1 aromatic heterocycles. The Labute approximate surface area is 93.2 Å². The van der Waals surface area contributed by atoms with E-state index in [1.54, 1.807) is 0 Å². The summed E-state index contributed by atoms with van der Waals surface area (Å²) in [5.41, 5.74) is 0. The van der Waals surface area contributed by atoms with Gasteiger partial charge >= 0.3 is 0 Å². The maximum atomic E-state index is 5.99. The van der Waals surface area contributed by atoms with Gasteiger partial charge in [0, 0.05) is 17.7 Å². The van der Waals surface area contributed by atoms with Gasteiger partial charge in [-0.2, -0.15) is 11.8 Å². The summed E-state index contributed by atoms with van der Waals surface area (Å²) in [4.78, 5) is 0. The molecule has 1 fully saturated rings. The molecular formula is C9H14ClN3S. The van der Waals surface area contributed by atoms with E-state index in [1.807, 2.05) is 16.3 Å². The van der Waals surface area contributed by atoms with Crippen molar-refractivity contribution in [1.29, 1.82) is 0 Å². The molecule has 1 aliphatic rings. The van der Waals surface area contributed by atoms with Crippen LogP contribution in [0, 0.1) is 0 Å². The monoisotopic (exact) mass is 231 g/mol. The summed E-state index contributed by atoms with van der Waals surface area (Å²) in [6, 6.07) is 0. The van der Waals surface area contributed by atoms with Crippen LogP contribution in [-0.4, -0.2) is 25.8 Å². The van der Waals surface area contributed by atoms with Crippen molar-refractivity contribution in [1.82, 2.24) is 14.8 Å². The Kier molecular flexibility index (Phi) is 2.75. The SMILES string of the molecule is CCc1nnc(Cl)n1CC1(SC)CC1. The zero-order valence-corrected chi connectivity index (χ0v) is 10.0. The van der Waals surface area contributed by atoms with Crippen LogP contribution in [-0.2, 0) is 13.0 Å². The van der Waals surface area contributed by atoms with E-state index >= 15 is 0 Å². The van der Waals surface area contributed by atoms with E-state index in [9.17, 15) is 0 Å². The lowest BCUT2D eigenvalue weighted by atomic mass is 10.4. The second-order valence-corrected chi connectivity index (χ2v) is 5.32. The third-order valence-electron chi connectivity index (χ3n) is 2.79. The second kappa shape index (κ2) is 3.74. The topological polar surface area (TPSA) is 30.7 Å². The zero-order chi connectivity index (χ0) is 10.2. The molecule has 0 aromatic carbocycles. The molecule has 1 heterocycles. The smallest absolute Gasteiger partial charge is 0.225 e. The molecule has 0 unspecified atom stereocenters. The van der Waals surface area contributed by atoms with Crippen molar-refractivity contribution < 1.29 is 0 Å². The standard InChI is InChI=1S/C9H14ClN3S/c1-3-7-11-12-8(10)13(7)6-9(14-2)4-5-9/h3-6H2,1-2H3. The first-order valence-corrected chi connectivity index (χ1v) is 6.44. The van der Waals surface area contributed by atoms with Gasteiger partial charge in [0.25, 0.3) is 0 Å². The van der Waals surface area contributed by atoms with E-state index < -0.39 is 0 Å². The van der Waals surface area contributed by atoms with Gasteiger partial charge in [-0.25, -0.2) is 0 Å². The summed E-state index contributed by atoms with van der Waals surface area (Å²) >= 11 is 7.92. The molecule has 3 nitrogen and oxygen atoms in total. The fourth-order valence-corrected chi connectivity index (χ4v) is 2.55. The van der Waals surface area contributed by atoms with Gasteiger partial charge < -0.3 is 4.57 Å². The highest BCUT2D eigenvalue weighted by Crippen LogP contribution is 2.48. The molecule has 1 aliphatic carbocycles. The molecule has 0 amide bonds. The minimum atomic E-state index is 0.413. The van der Waals surface area contributed by atoms with Crippen LogP contribution in [0.4, 0.5) is 0 Å². The molecule has 78 valence electrons. The molecule has 0 radical (unpaired) electrons. The summed E-state index contributed by atoms with van der Waals surface area (Å²) < 4.78 is 2.46. The number of thioether (sulfide) groups is 1. The van der Waals surface area contributed by atoms with E-state index in [-0.39, 0.29) is 0 Å². The normalized spacial score (nSPS) is 18.5. The average Bonchev–Trinajstić information content (AvgIpc) is 2.89. The fraction of sp³-hybridized carbons (Fsp3) is 0.778. The molecule has 0 bridgehead atoms. The third-order valence-corrected chi connectivity index (χ3v) is 4.47. The van der Waals surface area contributed by atoms with Crippen molar-refractivity contribution in [2.24, 2.45) is 0 Å². The van der Waals surface area contributed by atoms with Crippen LogP contribution in [0.25, 0.3) is 0 Å². The first-order chi connectivity index (χ1) is 6.71. The number of halogens is 1. The van der Waals surface area contributed by atoms with Crippen LogP contribution in [0.1, 0.15) is 25.6 Å². The molecule has 14 heavy (non-hydrogen) atoms. The summed E-state index contributed by atoms with van der Waals surface area (Å²) in [5, 5.41) is 8.48. The van der Waals surface area contributed by atoms with Crippen molar-refractivity contribution >= 4 is 23.4 Å². The second-order valence-electron chi connectivity index (χ2n) is 3.71. The number of aromatic nitrogens is 3. The van der Waals surface area contributed by atoms with E-state index in [0.717, 1.165) is 18.8 Å². The Balaban J connectivity index is 2.19. The number of aryl methyl sites for hydroxylation is 1. The lowest BCUT2D eigenvalue weighted by molar-refractivity contribution is 0.628. The minimum Gasteiger partial charge on any atom is -0.300 e. The summed E-state index contributed by atoms with van der Waals surface area (Å²) in [6.45, 7) is 3.04. The Hall–Kier alpha value is -0.220. The molecule has 0 saturated heterocycles. The summed E-state index contributed by atoms with van der Waals surface area (Å²) in [7, 11) is 0. The number of rotatable bonds is 4. The van der Waals surface area contributed by atoms with Crippen molar-refractivity contribution in [3.05, 3.63) is 11.1 Å². The molecule has 0 aliphatic heterocycles. The van der Waals surface area contributed by atoms with Gasteiger partial charge in [-0.1, -0.05) is 6.92 Å². The molecule has 0 N–H and O–H groups in total. The fourth-order valence-electron chi connectivity index (χ4n) is 1.59. The lowest BCUT2D eigenvalue weighted by Gasteiger charge is -2.14. The van der Waals surface area contributed by atoms with Crippen molar-refractivity contribution in [3.8, 4) is 0 Å². The van der Waals surface area contributed by atoms with E-state index in [2.05, 4.69) is 23.4 Å². The van der Waals surface area contributed by atoms with Crippen molar-refractivity contribution in [2.75, 3.05) is 6.26 Å². The van der Waals surface area contributed by atoms with Gasteiger partial charge in [0.2, 0.25) is 5.28 Å². The van der Waals surface area contributed by atoms with Gasteiger partial charge in [0.05, 0.1) is 0 Å². The van der Waals surface area contributed by atoms with Crippen LogP contribution in [0.15, 0.2) is 0 Å². The molecule has 5 heteroatoms. The van der Waals surface area contributed by atoms with Crippen LogP contribution >= 0.6 is 23.4 Å². The predicted octanol–water partition coefficient (Wildman–Crippen LogP) is 2.39. The lowest BCUT2D eigenvalue weighted by Crippen LogP contribution is -2.16. The third kappa shape index (κ3) is 1.77. The Morgan fingerprint density at radius 3 is 2.71 bits per heavy atom. The first kappa shape index (κ1) is 10.3. The maximum Gasteiger partial charge on any atom is 0.225 e. The summed E-state index contributed by atoms with van der Waals surface area (Å²) in [5.74, 6) is 0.996. The Bertz CT molecular complexity index is 333. The van der Waals surface area contributed by atoms with Crippen LogP contribution in [0.5, 0.6) is 0 Å². The van der Waals surface area contributed by atoms with Crippen molar-refractivity contribution in [3.63, 3.8) is 0 Å². The molecule has 2 rings (SSSR count). The molecule has 0 spiro atoms. The number of hydrogen-bond acceptors (Lipinski definition) is 3. The molecule has 0 atom stereocenters. The zero-order valence-electron chi connectivity index (χ0n) is 8.46. The maximum absolute atomic E-state index is 5.99. The summed E-state index contributed by atoms with van der Waals surface area (Å²) in [6.07, 6.45) is 5.62. The van der Waals surface area contributed by atoms with E-state index in [4.69, 9.17) is 11.6 Å². The van der Waals surface area contributed by atoms with Crippen LogP contribution < -0.4 is 0 Å². The molecule has 1 aromatic rings. The van der Waals surface area contributed by atoms with Gasteiger partial charge in [0.15, 0.2) is 0 Å². The van der Waals surface area contributed by atoms with Gasteiger partial charge in [-0.3, -0.25) is 0 Å². The highest BCUT2D eigenvalue weighted by atomic mass is 35.5. The van der Waals surface area contributed by atoms with E-state index in [0.29, 0.717) is 10.0 Å². The largest absolute Gasteiger partial charge is 0.300 e. The first-order valence-electron chi connectivity index (χ1n) is 4.83. The van der Waals surface area contributed by atoms with Gasteiger partial charge in [-0.15, -0.1) is 10.2 Å². The quantitative estimate of drug-likeness (QED) is 0.797. The number of hydrogen-bond donors (Lipinski definition) is 0. The van der Waals surface area contributed by atoms with Gasteiger partial charge in [0.1, 0.15) is 5.82 Å². The minimum absolute atomic E-state index is 0.413.